The van der Waals surface area contributed by atoms with Crippen LogP contribution in [0.5, 0.6) is 0 Å². The number of ether oxygens (including phenoxy) is 1. The normalized spacial score (nSPS) is 23.0. The molecule has 2 heterocycles. The molecular formula is C16H30N4O2. The highest BCUT2D eigenvalue weighted by Crippen LogP contribution is 2.16. The van der Waals surface area contributed by atoms with Gasteiger partial charge in [0.05, 0.1) is 6.61 Å². The molecule has 1 amide bonds. The monoisotopic (exact) mass is 310 g/mol. The summed E-state index contributed by atoms with van der Waals surface area (Å²) in [7, 11) is 1.75. The Kier molecular flexibility index (Phi) is 6.96. The highest BCUT2D eigenvalue weighted by molar-refractivity contribution is 5.85. The number of piperidine rings is 1. The van der Waals surface area contributed by atoms with E-state index in [0.29, 0.717) is 5.92 Å². The zero-order valence-electron chi connectivity index (χ0n) is 14.0. The highest BCUT2D eigenvalue weighted by Gasteiger charge is 2.25. The molecule has 0 spiro atoms. The summed E-state index contributed by atoms with van der Waals surface area (Å²) >= 11 is 0. The Labute approximate surface area is 133 Å². The van der Waals surface area contributed by atoms with Crippen molar-refractivity contribution in [1.29, 1.82) is 0 Å². The van der Waals surface area contributed by atoms with Gasteiger partial charge in [-0.05, 0) is 32.6 Å². The van der Waals surface area contributed by atoms with Crippen LogP contribution in [-0.2, 0) is 9.53 Å². The van der Waals surface area contributed by atoms with Crippen LogP contribution in [0.2, 0.25) is 0 Å². The van der Waals surface area contributed by atoms with Gasteiger partial charge < -0.3 is 19.9 Å². The molecule has 2 rings (SSSR count). The van der Waals surface area contributed by atoms with Crippen molar-refractivity contribution < 1.29 is 9.53 Å². The van der Waals surface area contributed by atoms with Gasteiger partial charge >= 0.3 is 0 Å². The van der Waals surface area contributed by atoms with Gasteiger partial charge in [0.2, 0.25) is 5.91 Å². The maximum Gasteiger partial charge on any atom is 0.244 e. The molecule has 2 saturated heterocycles. The average Bonchev–Trinajstić information content (AvgIpc) is 3.01. The Morgan fingerprint density at radius 1 is 1.23 bits per heavy atom. The predicted octanol–water partition coefficient (Wildman–Crippen LogP) is 0.933. The van der Waals surface area contributed by atoms with Crippen molar-refractivity contribution in [3.8, 4) is 0 Å². The van der Waals surface area contributed by atoms with E-state index >= 15 is 0 Å². The third kappa shape index (κ3) is 4.87. The fourth-order valence-corrected chi connectivity index (χ4v) is 3.21. The number of methoxy groups -OCH3 is 1. The molecule has 22 heavy (non-hydrogen) atoms. The molecule has 6 heteroatoms. The smallest absolute Gasteiger partial charge is 0.244 e. The molecule has 2 aliphatic rings. The van der Waals surface area contributed by atoms with Crippen LogP contribution in [0.4, 0.5) is 0 Å². The van der Waals surface area contributed by atoms with Crippen LogP contribution >= 0.6 is 0 Å². The van der Waals surface area contributed by atoms with E-state index in [2.05, 4.69) is 22.1 Å². The molecule has 1 atom stereocenters. The van der Waals surface area contributed by atoms with Gasteiger partial charge in [0.1, 0.15) is 6.54 Å². The second-order valence-corrected chi connectivity index (χ2v) is 6.17. The molecule has 0 aromatic carbocycles. The summed E-state index contributed by atoms with van der Waals surface area (Å²) in [6.45, 7) is 7.66. The SMILES string of the molecule is CCNC(=NCC(=O)N1CCCCC1)N1CCC(COC)C1. The minimum absolute atomic E-state index is 0.155. The number of carbonyl (C=O) groups is 1. The molecule has 0 saturated carbocycles. The van der Waals surface area contributed by atoms with E-state index in [1.807, 2.05) is 4.90 Å². The molecule has 0 aromatic rings. The van der Waals surface area contributed by atoms with Crippen molar-refractivity contribution in [3.05, 3.63) is 0 Å². The van der Waals surface area contributed by atoms with Crippen molar-refractivity contribution in [1.82, 2.24) is 15.1 Å². The molecule has 6 nitrogen and oxygen atoms in total. The Morgan fingerprint density at radius 2 is 2.00 bits per heavy atom. The van der Waals surface area contributed by atoms with Crippen LogP contribution in [0.1, 0.15) is 32.6 Å². The fourth-order valence-electron chi connectivity index (χ4n) is 3.21. The van der Waals surface area contributed by atoms with E-state index in [0.717, 1.165) is 64.6 Å². The number of rotatable bonds is 5. The first kappa shape index (κ1) is 17.1. The van der Waals surface area contributed by atoms with Crippen molar-refractivity contribution in [3.63, 3.8) is 0 Å². The first-order valence-corrected chi connectivity index (χ1v) is 8.54. The predicted molar refractivity (Wildman–Crippen MR) is 88.0 cm³/mol. The number of hydrogen-bond donors (Lipinski definition) is 1. The fraction of sp³-hybridized carbons (Fsp3) is 0.875. The summed E-state index contributed by atoms with van der Waals surface area (Å²) in [6, 6.07) is 0. The van der Waals surface area contributed by atoms with E-state index in [4.69, 9.17) is 4.74 Å². The summed E-state index contributed by atoms with van der Waals surface area (Å²) in [5.74, 6) is 1.58. The summed E-state index contributed by atoms with van der Waals surface area (Å²) in [5, 5.41) is 3.31. The maximum atomic E-state index is 12.2. The zero-order chi connectivity index (χ0) is 15.8. The quantitative estimate of drug-likeness (QED) is 0.606. The first-order valence-electron chi connectivity index (χ1n) is 8.54. The largest absolute Gasteiger partial charge is 0.384 e. The Bertz CT molecular complexity index is 380. The lowest BCUT2D eigenvalue weighted by molar-refractivity contribution is -0.130. The number of hydrogen-bond acceptors (Lipinski definition) is 3. The van der Waals surface area contributed by atoms with E-state index in [9.17, 15) is 4.79 Å². The van der Waals surface area contributed by atoms with E-state index in [-0.39, 0.29) is 12.5 Å². The maximum absolute atomic E-state index is 12.2. The van der Waals surface area contributed by atoms with Gasteiger partial charge in [0.25, 0.3) is 0 Å². The molecule has 0 radical (unpaired) electrons. The topological polar surface area (TPSA) is 57.2 Å². The van der Waals surface area contributed by atoms with E-state index in [1.54, 1.807) is 7.11 Å². The number of nitrogens with one attached hydrogen (secondary N) is 1. The van der Waals surface area contributed by atoms with E-state index < -0.39 is 0 Å². The van der Waals surface area contributed by atoms with Gasteiger partial charge in [-0.3, -0.25) is 4.79 Å². The summed E-state index contributed by atoms with van der Waals surface area (Å²) in [4.78, 5) is 21.0. The van der Waals surface area contributed by atoms with Crippen LogP contribution in [0, 0.1) is 5.92 Å². The molecule has 1 unspecified atom stereocenters. The van der Waals surface area contributed by atoms with Crippen LogP contribution in [0.3, 0.4) is 0 Å². The molecule has 1 N–H and O–H groups in total. The van der Waals surface area contributed by atoms with Crippen LogP contribution in [0.15, 0.2) is 4.99 Å². The Hall–Kier alpha value is -1.30. The second-order valence-electron chi connectivity index (χ2n) is 6.17. The number of nitrogens with zero attached hydrogens (tertiary/aromatic N) is 3. The van der Waals surface area contributed by atoms with Crippen LogP contribution in [0.25, 0.3) is 0 Å². The lowest BCUT2D eigenvalue weighted by atomic mass is 10.1. The molecular weight excluding hydrogens is 280 g/mol. The standard InChI is InChI=1S/C16H30N4O2/c1-3-17-16(20-10-7-14(12-20)13-22-2)18-11-15(21)19-8-5-4-6-9-19/h14H,3-13H2,1-2H3,(H,17,18). The van der Waals surface area contributed by atoms with Crippen molar-refractivity contribution in [2.24, 2.45) is 10.9 Å². The first-order chi connectivity index (χ1) is 10.7. The molecule has 2 fully saturated rings. The lowest BCUT2D eigenvalue weighted by Crippen LogP contribution is -2.42. The Morgan fingerprint density at radius 3 is 2.68 bits per heavy atom. The summed E-state index contributed by atoms with van der Waals surface area (Å²) < 4.78 is 5.24. The van der Waals surface area contributed by atoms with Gasteiger partial charge in [0, 0.05) is 45.8 Å². The van der Waals surface area contributed by atoms with Gasteiger partial charge in [-0.2, -0.15) is 0 Å². The van der Waals surface area contributed by atoms with E-state index in [1.165, 1.54) is 6.42 Å². The van der Waals surface area contributed by atoms with Gasteiger partial charge in [-0.25, -0.2) is 4.99 Å². The second kappa shape index (κ2) is 8.98. The van der Waals surface area contributed by atoms with Crippen LogP contribution < -0.4 is 5.32 Å². The van der Waals surface area contributed by atoms with Crippen molar-refractivity contribution in [2.75, 3.05) is 53.0 Å². The van der Waals surface area contributed by atoms with Crippen molar-refractivity contribution in [2.45, 2.75) is 32.6 Å². The number of aliphatic imine (C=N–C) groups is 1. The Balaban J connectivity index is 1.88. The third-order valence-electron chi connectivity index (χ3n) is 4.40. The van der Waals surface area contributed by atoms with Gasteiger partial charge in [0.15, 0.2) is 5.96 Å². The third-order valence-corrected chi connectivity index (χ3v) is 4.40. The minimum atomic E-state index is 0.155. The highest BCUT2D eigenvalue weighted by atomic mass is 16.5. The number of guanidine groups is 1. The average molecular weight is 310 g/mol. The number of amides is 1. The summed E-state index contributed by atoms with van der Waals surface area (Å²) in [6.07, 6.45) is 4.61. The molecule has 2 aliphatic heterocycles. The molecule has 126 valence electrons. The van der Waals surface area contributed by atoms with Crippen molar-refractivity contribution >= 4 is 11.9 Å². The molecule has 0 aliphatic carbocycles. The number of likely N-dealkylation sites (tertiary alicyclic amines) is 2. The van der Waals surface area contributed by atoms with Gasteiger partial charge in [-0.15, -0.1) is 0 Å². The lowest BCUT2D eigenvalue weighted by Gasteiger charge is -2.26. The molecule has 0 aromatic heterocycles. The number of carbonyl (C=O) groups excluding carboxylic acids is 1. The zero-order valence-corrected chi connectivity index (χ0v) is 14.0. The molecule has 0 bridgehead atoms. The summed E-state index contributed by atoms with van der Waals surface area (Å²) in [5.41, 5.74) is 0. The minimum Gasteiger partial charge on any atom is -0.384 e. The van der Waals surface area contributed by atoms with Gasteiger partial charge in [-0.1, -0.05) is 0 Å². The van der Waals surface area contributed by atoms with Crippen LogP contribution in [-0.4, -0.2) is 74.7 Å².